The molecule has 0 N–H and O–H groups in total. The van der Waals surface area contributed by atoms with Gasteiger partial charge in [-0.05, 0) is 56.6 Å². The Bertz CT molecular complexity index is 908. The molecular formula is C23H26N2O3. The Balaban J connectivity index is 1.46. The van der Waals surface area contributed by atoms with Crippen molar-refractivity contribution in [3.8, 4) is 23.1 Å². The number of ether oxygens (including phenoxy) is 3. The van der Waals surface area contributed by atoms with E-state index in [1.807, 2.05) is 54.6 Å². The molecule has 4 rings (SSSR count). The molecule has 1 saturated heterocycles. The SMILES string of the molecule is COc1cc2ccc(Oc3ccccc3)nc2cc1OCCCN1CCCC1. The van der Waals surface area contributed by atoms with Crippen LogP contribution in [0.5, 0.6) is 23.1 Å². The van der Waals surface area contributed by atoms with Gasteiger partial charge in [0.05, 0.1) is 19.2 Å². The number of para-hydroxylation sites is 1. The minimum Gasteiger partial charge on any atom is -0.493 e. The number of aromatic nitrogens is 1. The fourth-order valence-corrected chi connectivity index (χ4v) is 3.53. The predicted octanol–water partition coefficient (Wildman–Crippen LogP) is 4.90. The van der Waals surface area contributed by atoms with Crippen molar-refractivity contribution < 1.29 is 14.2 Å². The summed E-state index contributed by atoms with van der Waals surface area (Å²) in [4.78, 5) is 7.13. The van der Waals surface area contributed by atoms with Crippen LogP contribution in [0.15, 0.2) is 54.6 Å². The van der Waals surface area contributed by atoms with E-state index >= 15 is 0 Å². The maximum absolute atomic E-state index is 6.02. The Morgan fingerprint density at radius 1 is 0.964 bits per heavy atom. The second kappa shape index (κ2) is 8.93. The van der Waals surface area contributed by atoms with Gasteiger partial charge in [0.1, 0.15) is 5.75 Å². The average Bonchev–Trinajstić information content (AvgIpc) is 3.25. The highest BCUT2D eigenvalue weighted by molar-refractivity contribution is 5.83. The fraction of sp³-hybridized carbons (Fsp3) is 0.348. The van der Waals surface area contributed by atoms with E-state index < -0.39 is 0 Å². The van der Waals surface area contributed by atoms with Gasteiger partial charge in [-0.1, -0.05) is 18.2 Å². The van der Waals surface area contributed by atoms with E-state index in [1.165, 1.54) is 25.9 Å². The summed E-state index contributed by atoms with van der Waals surface area (Å²) in [7, 11) is 1.67. The largest absolute Gasteiger partial charge is 0.493 e. The maximum atomic E-state index is 6.02. The van der Waals surface area contributed by atoms with Gasteiger partial charge in [0, 0.05) is 24.1 Å². The molecule has 146 valence electrons. The molecule has 1 aromatic heterocycles. The van der Waals surface area contributed by atoms with Crippen molar-refractivity contribution in [2.24, 2.45) is 0 Å². The van der Waals surface area contributed by atoms with E-state index in [-0.39, 0.29) is 0 Å². The van der Waals surface area contributed by atoms with E-state index in [1.54, 1.807) is 7.11 Å². The summed E-state index contributed by atoms with van der Waals surface area (Å²) in [6, 6.07) is 17.4. The van der Waals surface area contributed by atoms with Gasteiger partial charge in [0.2, 0.25) is 5.88 Å². The van der Waals surface area contributed by atoms with Crippen LogP contribution in [0.4, 0.5) is 0 Å². The monoisotopic (exact) mass is 378 g/mol. The van der Waals surface area contributed by atoms with E-state index in [0.717, 1.165) is 41.1 Å². The number of rotatable bonds is 8. The molecular weight excluding hydrogens is 352 g/mol. The van der Waals surface area contributed by atoms with Gasteiger partial charge in [0.25, 0.3) is 0 Å². The normalized spacial score (nSPS) is 14.3. The molecule has 3 aromatic rings. The maximum Gasteiger partial charge on any atom is 0.219 e. The van der Waals surface area contributed by atoms with Crippen molar-refractivity contribution in [2.75, 3.05) is 33.4 Å². The Morgan fingerprint density at radius 3 is 2.57 bits per heavy atom. The molecule has 0 aliphatic carbocycles. The number of nitrogens with zero attached hydrogens (tertiary/aromatic N) is 2. The van der Waals surface area contributed by atoms with Crippen molar-refractivity contribution in [1.29, 1.82) is 0 Å². The van der Waals surface area contributed by atoms with Crippen LogP contribution in [-0.4, -0.2) is 43.2 Å². The molecule has 5 nitrogen and oxygen atoms in total. The van der Waals surface area contributed by atoms with Crippen LogP contribution in [-0.2, 0) is 0 Å². The standard InChI is InChI=1S/C23H26N2O3/c1-26-21-16-18-10-11-23(28-19-8-3-2-4-9-19)24-20(18)17-22(21)27-15-7-14-25-12-5-6-13-25/h2-4,8-11,16-17H,5-7,12-15H2,1H3. The molecule has 0 radical (unpaired) electrons. The molecule has 28 heavy (non-hydrogen) atoms. The van der Waals surface area contributed by atoms with Gasteiger partial charge in [-0.2, -0.15) is 0 Å². The highest BCUT2D eigenvalue weighted by Crippen LogP contribution is 2.33. The summed E-state index contributed by atoms with van der Waals surface area (Å²) in [5.41, 5.74) is 0.823. The first-order valence-electron chi connectivity index (χ1n) is 9.89. The van der Waals surface area contributed by atoms with Crippen molar-refractivity contribution >= 4 is 10.9 Å². The number of fused-ring (bicyclic) bond motifs is 1. The number of hydrogen-bond acceptors (Lipinski definition) is 5. The van der Waals surface area contributed by atoms with Crippen LogP contribution in [0.2, 0.25) is 0 Å². The van der Waals surface area contributed by atoms with Gasteiger partial charge in [-0.3, -0.25) is 0 Å². The quantitative estimate of drug-likeness (QED) is 0.522. The number of hydrogen-bond donors (Lipinski definition) is 0. The third-order valence-corrected chi connectivity index (χ3v) is 4.99. The third kappa shape index (κ3) is 4.54. The predicted molar refractivity (Wildman–Crippen MR) is 111 cm³/mol. The molecule has 5 heteroatoms. The van der Waals surface area contributed by atoms with Gasteiger partial charge in [-0.25, -0.2) is 4.98 Å². The van der Waals surface area contributed by atoms with Gasteiger partial charge < -0.3 is 19.1 Å². The van der Waals surface area contributed by atoms with Crippen molar-refractivity contribution in [2.45, 2.75) is 19.3 Å². The molecule has 1 fully saturated rings. The molecule has 0 spiro atoms. The Kier molecular flexibility index (Phi) is 5.92. The van der Waals surface area contributed by atoms with Crippen molar-refractivity contribution in [3.63, 3.8) is 0 Å². The van der Waals surface area contributed by atoms with E-state index in [9.17, 15) is 0 Å². The van der Waals surface area contributed by atoms with Crippen molar-refractivity contribution in [3.05, 3.63) is 54.6 Å². The highest BCUT2D eigenvalue weighted by Gasteiger charge is 2.12. The van der Waals surface area contributed by atoms with E-state index in [4.69, 9.17) is 14.2 Å². The zero-order valence-corrected chi connectivity index (χ0v) is 16.3. The number of likely N-dealkylation sites (tertiary alicyclic amines) is 1. The summed E-state index contributed by atoms with van der Waals surface area (Å²) in [5.74, 6) is 2.78. The summed E-state index contributed by atoms with van der Waals surface area (Å²) < 4.78 is 17.4. The minimum absolute atomic E-state index is 0.559. The highest BCUT2D eigenvalue weighted by atomic mass is 16.5. The zero-order valence-electron chi connectivity index (χ0n) is 16.3. The third-order valence-electron chi connectivity index (χ3n) is 4.99. The summed E-state index contributed by atoms with van der Waals surface area (Å²) >= 11 is 0. The van der Waals surface area contributed by atoms with Crippen LogP contribution < -0.4 is 14.2 Å². The van der Waals surface area contributed by atoms with Crippen LogP contribution in [0.3, 0.4) is 0 Å². The summed E-state index contributed by atoms with van der Waals surface area (Å²) in [5, 5.41) is 0.988. The summed E-state index contributed by atoms with van der Waals surface area (Å²) in [6.45, 7) is 4.18. The lowest BCUT2D eigenvalue weighted by atomic mass is 10.2. The first kappa shape index (κ1) is 18.6. The van der Waals surface area contributed by atoms with E-state index in [0.29, 0.717) is 12.5 Å². The Hall–Kier alpha value is -2.79. The molecule has 0 saturated carbocycles. The molecule has 0 bridgehead atoms. The minimum atomic E-state index is 0.559. The average molecular weight is 378 g/mol. The second-order valence-electron chi connectivity index (χ2n) is 7.01. The number of benzene rings is 2. The van der Waals surface area contributed by atoms with Crippen LogP contribution in [0.25, 0.3) is 10.9 Å². The second-order valence-corrected chi connectivity index (χ2v) is 7.01. The first-order valence-corrected chi connectivity index (χ1v) is 9.89. The number of methoxy groups -OCH3 is 1. The fourth-order valence-electron chi connectivity index (χ4n) is 3.53. The lowest BCUT2D eigenvalue weighted by molar-refractivity contribution is 0.254. The molecule has 0 unspecified atom stereocenters. The Labute approximate surface area is 165 Å². The first-order chi connectivity index (χ1) is 13.8. The van der Waals surface area contributed by atoms with Crippen LogP contribution in [0.1, 0.15) is 19.3 Å². The molecule has 2 aromatic carbocycles. The molecule has 1 aliphatic rings. The lowest BCUT2D eigenvalue weighted by Gasteiger charge is -2.16. The van der Waals surface area contributed by atoms with Gasteiger partial charge >= 0.3 is 0 Å². The molecule has 0 atom stereocenters. The van der Waals surface area contributed by atoms with Crippen LogP contribution >= 0.6 is 0 Å². The lowest BCUT2D eigenvalue weighted by Crippen LogP contribution is -2.21. The van der Waals surface area contributed by atoms with Gasteiger partial charge in [-0.15, -0.1) is 0 Å². The molecule has 2 heterocycles. The summed E-state index contributed by atoms with van der Waals surface area (Å²) in [6.07, 6.45) is 3.64. The number of pyridine rings is 1. The van der Waals surface area contributed by atoms with Crippen LogP contribution in [0, 0.1) is 0 Å². The van der Waals surface area contributed by atoms with Crippen molar-refractivity contribution in [1.82, 2.24) is 9.88 Å². The smallest absolute Gasteiger partial charge is 0.219 e. The molecule has 1 aliphatic heterocycles. The Morgan fingerprint density at radius 2 is 1.79 bits per heavy atom. The van der Waals surface area contributed by atoms with E-state index in [2.05, 4.69) is 9.88 Å². The molecule has 0 amide bonds. The topological polar surface area (TPSA) is 43.8 Å². The zero-order chi connectivity index (χ0) is 19.2. The van der Waals surface area contributed by atoms with Gasteiger partial charge in [0.15, 0.2) is 11.5 Å².